The van der Waals surface area contributed by atoms with Gasteiger partial charge in [0.15, 0.2) is 0 Å². The first kappa shape index (κ1) is 16.9. The van der Waals surface area contributed by atoms with Crippen molar-refractivity contribution in [3.63, 3.8) is 0 Å². The van der Waals surface area contributed by atoms with E-state index in [0.29, 0.717) is 27.7 Å². The Balaban J connectivity index is 0.00000161. The van der Waals surface area contributed by atoms with Crippen LogP contribution in [0, 0.1) is 0 Å². The first-order valence-corrected chi connectivity index (χ1v) is 7.79. The summed E-state index contributed by atoms with van der Waals surface area (Å²) in [7, 11) is 1.87. The Kier molecular flexibility index (Phi) is 5.42. The van der Waals surface area contributed by atoms with E-state index in [1.807, 2.05) is 11.9 Å². The highest BCUT2D eigenvalue weighted by molar-refractivity contribution is 6.43. The molecule has 21 heavy (non-hydrogen) atoms. The van der Waals surface area contributed by atoms with Crippen LogP contribution in [0.25, 0.3) is 0 Å². The van der Waals surface area contributed by atoms with Gasteiger partial charge in [-0.1, -0.05) is 29.3 Å². The number of rotatable bonds is 2. The fourth-order valence-electron chi connectivity index (χ4n) is 3.37. The summed E-state index contributed by atoms with van der Waals surface area (Å²) in [4.78, 5) is 14.5. The minimum atomic E-state index is -0.0381. The summed E-state index contributed by atoms with van der Waals surface area (Å²) < 4.78 is 0. The van der Waals surface area contributed by atoms with E-state index in [1.165, 1.54) is 12.8 Å². The van der Waals surface area contributed by atoms with Gasteiger partial charge >= 0.3 is 0 Å². The number of halogens is 3. The lowest BCUT2D eigenvalue weighted by atomic mass is 9.98. The van der Waals surface area contributed by atoms with Gasteiger partial charge in [0.05, 0.1) is 15.6 Å². The summed E-state index contributed by atoms with van der Waals surface area (Å²) in [5.41, 5.74) is 0.493. The molecular formula is C15H19Cl3N2O. The highest BCUT2D eigenvalue weighted by atomic mass is 35.5. The van der Waals surface area contributed by atoms with E-state index in [9.17, 15) is 4.79 Å². The fourth-order valence-corrected chi connectivity index (χ4v) is 3.75. The van der Waals surface area contributed by atoms with Gasteiger partial charge in [0.25, 0.3) is 5.91 Å². The quantitative estimate of drug-likeness (QED) is 0.881. The van der Waals surface area contributed by atoms with Gasteiger partial charge in [-0.2, -0.15) is 0 Å². The molecule has 2 fully saturated rings. The van der Waals surface area contributed by atoms with Crippen molar-refractivity contribution in [2.75, 3.05) is 7.05 Å². The molecule has 2 atom stereocenters. The maximum atomic E-state index is 12.6. The smallest absolute Gasteiger partial charge is 0.255 e. The molecule has 3 rings (SSSR count). The number of carbonyl (C=O) groups is 1. The van der Waals surface area contributed by atoms with Gasteiger partial charge in [-0.15, -0.1) is 12.4 Å². The summed E-state index contributed by atoms with van der Waals surface area (Å²) in [6.07, 6.45) is 4.50. The molecule has 0 aromatic heterocycles. The first-order chi connectivity index (χ1) is 9.56. The summed E-state index contributed by atoms with van der Waals surface area (Å²) in [6, 6.07) is 6.61. The third-order valence-electron chi connectivity index (χ3n) is 4.50. The molecule has 2 aliphatic rings. The number of fused-ring (bicyclic) bond motifs is 2. The first-order valence-electron chi connectivity index (χ1n) is 7.03. The van der Waals surface area contributed by atoms with Crippen molar-refractivity contribution in [2.24, 2.45) is 0 Å². The van der Waals surface area contributed by atoms with Crippen LogP contribution >= 0.6 is 35.6 Å². The van der Waals surface area contributed by atoms with Crippen LogP contribution in [-0.2, 0) is 0 Å². The van der Waals surface area contributed by atoms with Crippen molar-refractivity contribution in [1.82, 2.24) is 10.2 Å². The standard InChI is InChI=1S/C15H18Cl2N2O.ClH/c1-19(11-7-9-5-6-10(8-11)18-9)15(20)12-3-2-4-13(16)14(12)17;/h2-4,9-11,18H,5-8H2,1H3;1H. The van der Waals surface area contributed by atoms with E-state index in [4.69, 9.17) is 23.2 Å². The Labute approximate surface area is 141 Å². The van der Waals surface area contributed by atoms with E-state index < -0.39 is 0 Å². The molecule has 1 aromatic carbocycles. The van der Waals surface area contributed by atoms with Gasteiger partial charge in [-0.25, -0.2) is 0 Å². The van der Waals surface area contributed by atoms with E-state index in [-0.39, 0.29) is 24.4 Å². The number of amides is 1. The minimum absolute atomic E-state index is 0. The molecule has 2 saturated heterocycles. The molecule has 2 bridgehead atoms. The van der Waals surface area contributed by atoms with Crippen LogP contribution in [0.5, 0.6) is 0 Å². The second-order valence-corrected chi connectivity index (χ2v) is 6.57. The molecule has 1 aromatic rings. The molecule has 6 heteroatoms. The third-order valence-corrected chi connectivity index (χ3v) is 5.32. The van der Waals surface area contributed by atoms with Crippen LogP contribution in [0.4, 0.5) is 0 Å². The lowest BCUT2D eigenvalue weighted by Gasteiger charge is -2.35. The Bertz CT molecular complexity index is 526. The zero-order valence-electron chi connectivity index (χ0n) is 11.8. The fraction of sp³-hybridized carbons (Fsp3) is 0.533. The number of benzene rings is 1. The SMILES string of the molecule is CN(C(=O)c1cccc(Cl)c1Cl)C1CC2CCC(C1)N2.Cl. The molecular weight excluding hydrogens is 331 g/mol. The molecule has 116 valence electrons. The molecule has 0 aliphatic carbocycles. The number of hydrogen-bond acceptors (Lipinski definition) is 2. The molecule has 2 heterocycles. The Morgan fingerprint density at radius 2 is 1.86 bits per heavy atom. The lowest BCUT2D eigenvalue weighted by Crippen LogP contribution is -2.48. The molecule has 0 saturated carbocycles. The van der Waals surface area contributed by atoms with Crippen LogP contribution in [0.1, 0.15) is 36.0 Å². The van der Waals surface area contributed by atoms with Crippen molar-refractivity contribution >= 4 is 41.5 Å². The second kappa shape index (κ2) is 6.74. The Hall–Kier alpha value is -0.480. The number of nitrogens with one attached hydrogen (secondary N) is 1. The molecule has 1 amide bonds. The number of hydrogen-bond donors (Lipinski definition) is 1. The highest BCUT2D eigenvalue weighted by Gasteiger charge is 2.36. The molecule has 0 spiro atoms. The molecule has 0 radical (unpaired) electrons. The van der Waals surface area contributed by atoms with Crippen LogP contribution < -0.4 is 5.32 Å². The lowest BCUT2D eigenvalue weighted by molar-refractivity contribution is 0.0682. The van der Waals surface area contributed by atoms with Gasteiger partial charge < -0.3 is 10.2 Å². The maximum Gasteiger partial charge on any atom is 0.255 e. The van der Waals surface area contributed by atoms with E-state index in [2.05, 4.69) is 5.32 Å². The number of nitrogens with zero attached hydrogens (tertiary/aromatic N) is 1. The van der Waals surface area contributed by atoms with Gasteiger partial charge in [0.1, 0.15) is 0 Å². The summed E-state index contributed by atoms with van der Waals surface area (Å²) in [5, 5.41) is 4.37. The average Bonchev–Trinajstić information content (AvgIpc) is 2.79. The van der Waals surface area contributed by atoms with Crippen molar-refractivity contribution in [3.8, 4) is 0 Å². The van der Waals surface area contributed by atoms with Crippen LogP contribution in [-0.4, -0.2) is 36.0 Å². The number of piperidine rings is 1. The normalized spacial score (nSPS) is 27.1. The van der Waals surface area contributed by atoms with Gasteiger partial charge in [-0.3, -0.25) is 4.79 Å². The van der Waals surface area contributed by atoms with Crippen molar-refractivity contribution in [1.29, 1.82) is 0 Å². The predicted molar refractivity (Wildman–Crippen MR) is 88.8 cm³/mol. The third kappa shape index (κ3) is 3.31. The van der Waals surface area contributed by atoms with Gasteiger partial charge in [0, 0.05) is 25.2 Å². The molecule has 1 N–H and O–H groups in total. The summed E-state index contributed by atoms with van der Waals surface area (Å²) >= 11 is 12.1. The topological polar surface area (TPSA) is 32.3 Å². The van der Waals surface area contributed by atoms with E-state index in [0.717, 1.165) is 12.8 Å². The van der Waals surface area contributed by atoms with Crippen LogP contribution in [0.2, 0.25) is 10.0 Å². The average molecular weight is 350 g/mol. The number of carbonyl (C=O) groups excluding carboxylic acids is 1. The Morgan fingerprint density at radius 3 is 2.48 bits per heavy atom. The maximum absolute atomic E-state index is 12.6. The zero-order chi connectivity index (χ0) is 14.3. The Morgan fingerprint density at radius 1 is 1.24 bits per heavy atom. The highest BCUT2D eigenvalue weighted by Crippen LogP contribution is 2.31. The molecule has 2 unspecified atom stereocenters. The summed E-state index contributed by atoms with van der Waals surface area (Å²) in [6.45, 7) is 0. The van der Waals surface area contributed by atoms with Gasteiger partial charge in [-0.05, 0) is 37.8 Å². The zero-order valence-corrected chi connectivity index (χ0v) is 14.1. The summed E-state index contributed by atoms with van der Waals surface area (Å²) in [5.74, 6) is -0.0381. The van der Waals surface area contributed by atoms with Crippen LogP contribution in [0.15, 0.2) is 18.2 Å². The van der Waals surface area contributed by atoms with Gasteiger partial charge in [0.2, 0.25) is 0 Å². The van der Waals surface area contributed by atoms with Crippen molar-refractivity contribution in [2.45, 2.75) is 43.8 Å². The second-order valence-electron chi connectivity index (χ2n) is 5.78. The van der Waals surface area contributed by atoms with Crippen molar-refractivity contribution < 1.29 is 4.79 Å². The minimum Gasteiger partial charge on any atom is -0.339 e. The predicted octanol–water partition coefficient (Wildman–Crippen LogP) is 3.77. The largest absolute Gasteiger partial charge is 0.339 e. The van der Waals surface area contributed by atoms with E-state index >= 15 is 0 Å². The van der Waals surface area contributed by atoms with Crippen LogP contribution in [0.3, 0.4) is 0 Å². The van der Waals surface area contributed by atoms with E-state index in [1.54, 1.807) is 18.2 Å². The van der Waals surface area contributed by atoms with Crippen molar-refractivity contribution in [3.05, 3.63) is 33.8 Å². The monoisotopic (exact) mass is 348 g/mol. The molecule has 3 nitrogen and oxygen atoms in total. The molecule has 2 aliphatic heterocycles.